The third-order valence-electron chi connectivity index (χ3n) is 3.87. The molecule has 0 radical (unpaired) electrons. The first-order valence-corrected chi connectivity index (χ1v) is 7.75. The van der Waals surface area contributed by atoms with Gasteiger partial charge < -0.3 is 11.1 Å². The molecule has 3 nitrogen and oxygen atoms in total. The van der Waals surface area contributed by atoms with E-state index in [2.05, 4.69) is 35.6 Å². The number of thiocarbonyl (C=S) groups is 1. The maximum absolute atomic E-state index is 5.84. The number of fused-ring (bicyclic) bond motifs is 1. The van der Waals surface area contributed by atoms with Crippen LogP contribution in [0.3, 0.4) is 0 Å². The van der Waals surface area contributed by atoms with Gasteiger partial charge in [0.15, 0.2) is 0 Å². The number of nitrogens with two attached hydrogens (primary N) is 1. The number of nitrogens with zero attached hydrogens (tertiary/aromatic N) is 1. The van der Waals surface area contributed by atoms with Crippen LogP contribution in [0.2, 0.25) is 0 Å². The quantitative estimate of drug-likeness (QED) is 0.833. The van der Waals surface area contributed by atoms with Crippen LogP contribution in [0.25, 0.3) is 0 Å². The van der Waals surface area contributed by atoms with Gasteiger partial charge in [-0.1, -0.05) is 42.5 Å². The second-order valence-corrected chi connectivity index (χ2v) is 5.81. The molecule has 108 valence electrons. The third-order valence-corrected chi connectivity index (χ3v) is 4.09. The molecule has 0 fully saturated rings. The first-order valence-electron chi connectivity index (χ1n) is 7.34. The van der Waals surface area contributed by atoms with E-state index in [0.717, 1.165) is 37.2 Å². The van der Waals surface area contributed by atoms with Gasteiger partial charge in [0, 0.05) is 12.2 Å². The van der Waals surface area contributed by atoms with E-state index in [1.165, 1.54) is 23.2 Å². The van der Waals surface area contributed by atoms with Gasteiger partial charge in [-0.15, -0.1) is 0 Å². The Labute approximate surface area is 130 Å². The molecule has 21 heavy (non-hydrogen) atoms. The normalized spacial score (nSPS) is 13.0. The van der Waals surface area contributed by atoms with Crippen molar-refractivity contribution in [1.82, 2.24) is 4.98 Å². The Kier molecular flexibility index (Phi) is 4.15. The van der Waals surface area contributed by atoms with Crippen molar-refractivity contribution in [2.75, 3.05) is 11.9 Å². The number of aromatic nitrogens is 1. The van der Waals surface area contributed by atoms with Gasteiger partial charge in [0.05, 0.1) is 5.56 Å². The number of benzene rings is 1. The Morgan fingerprint density at radius 1 is 1.24 bits per heavy atom. The SMILES string of the molecule is NC(=S)c1cc2c(nc1NCCc1ccccc1)CCC2. The lowest BCUT2D eigenvalue weighted by Gasteiger charge is -2.12. The summed E-state index contributed by atoms with van der Waals surface area (Å²) >= 11 is 5.16. The summed E-state index contributed by atoms with van der Waals surface area (Å²) in [6.45, 7) is 0.825. The molecule has 1 aromatic heterocycles. The zero-order chi connectivity index (χ0) is 14.7. The zero-order valence-corrected chi connectivity index (χ0v) is 12.7. The molecule has 0 saturated carbocycles. The van der Waals surface area contributed by atoms with E-state index in [1.807, 2.05) is 6.07 Å². The molecule has 0 atom stereocenters. The van der Waals surface area contributed by atoms with Crippen LogP contribution in [0.1, 0.15) is 28.8 Å². The first-order chi connectivity index (χ1) is 10.2. The van der Waals surface area contributed by atoms with Crippen molar-refractivity contribution < 1.29 is 0 Å². The van der Waals surface area contributed by atoms with Crippen LogP contribution < -0.4 is 11.1 Å². The number of rotatable bonds is 5. The second kappa shape index (κ2) is 6.22. The lowest BCUT2D eigenvalue weighted by atomic mass is 10.1. The van der Waals surface area contributed by atoms with Crippen molar-refractivity contribution in [2.24, 2.45) is 5.73 Å². The van der Waals surface area contributed by atoms with Gasteiger partial charge in [0.2, 0.25) is 0 Å². The molecule has 0 amide bonds. The summed E-state index contributed by atoms with van der Waals surface area (Å²) in [5.74, 6) is 0.832. The molecular formula is C17H19N3S. The van der Waals surface area contributed by atoms with E-state index in [1.54, 1.807) is 0 Å². The maximum atomic E-state index is 5.84. The highest BCUT2D eigenvalue weighted by Gasteiger charge is 2.17. The summed E-state index contributed by atoms with van der Waals surface area (Å²) in [7, 11) is 0. The van der Waals surface area contributed by atoms with Gasteiger partial charge in [-0.2, -0.15) is 0 Å². The largest absolute Gasteiger partial charge is 0.389 e. The molecule has 0 bridgehead atoms. The van der Waals surface area contributed by atoms with Crippen molar-refractivity contribution in [3.8, 4) is 0 Å². The Morgan fingerprint density at radius 2 is 2.05 bits per heavy atom. The predicted molar refractivity (Wildman–Crippen MR) is 90.8 cm³/mol. The lowest BCUT2D eigenvalue weighted by Crippen LogP contribution is -2.17. The van der Waals surface area contributed by atoms with Crippen molar-refractivity contribution in [3.05, 3.63) is 58.8 Å². The summed E-state index contributed by atoms with van der Waals surface area (Å²) in [4.78, 5) is 5.14. The molecule has 0 saturated heterocycles. The molecule has 1 aliphatic carbocycles. The average molecular weight is 297 g/mol. The topological polar surface area (TPSA) is 50.9 Å². The molecule has 1 heterocycles. The van der Waals surface area contributed by atoms with Crippen LogP contribution in [0.5, 0.6) is 0 Å². The van der Waals surface area contributed by atoms with Gasteiger partial charge in [-0.25, -0.2) is 4.98 Å². The summed E-state index contributed by atoms with van der Waals surface area (Å²) in [6, 6.07) is 12.5. The number of aryl methyl sites for hydroxylation is 2. The monoisotopic (exact) mass is 297 g/mol. The molecular weight excluding hydrogens is 278 g/mol. The smallest absolute Gasteiger partial charge is 0.136 e. The van der Waals surface area contributed by atoms with Crippen LogP contribution in [-0.2, 0) is 19.3 Å². The summed E-state index contributed by atoms with van der Waals surface area (Å²) in [5, 5.41) is 3.39. The standard InChI is InChI=1S/C17H19N3S/c18-16(21)14-11-13-7-4-8-15(13)20-17(14)19-10-9-12-5-2-1-3-6-12/h1-3,5-6,11H,4,7-10H2,(H2,18,21)(H,19,20). The lowest BCUT2D eigenvalue weighted by molar-refractivity contribution is 0.898. The van der Waals surface area contributed by atoms with Crippen LogP contribution in [0.15, 0.2) is 36.4 Å². The summed E-state index contributed by atoms with van der Waals surface area (Å²) in [5.41, 5.74) is 10.5. The minimum Gasteiger partial charge on any atom is -0.389 e. The van der Waals surface area contributed by atoms with Crippen molar-refractivity contribution >= 4 is 23.0 Å². The van der Waals surface area contributed by atoms with Crippen molar-refractivity contribution in [3.63, 3.8) is 0 Å². The van der Waals surface area contributed by atoms with Crippen LogP contribution in [-0.4, -0.2) is 16.5 Å². The molecule has 0 spiro atoms. The highest BCUT2D eigenvalue weighted by Crippen LogP contribution is 2.25. The second-order valence-electron chi connectivity index (χ2n) is 5.37. The number of anilines is 1. The fourth-order valence-electron chi connectivity index (χ4n) is 2.76. The molecule has 1 aromatic carbocycles. The summed E-state index contributed by atoms with van der Waals surface area (Å²) in [6.07, 6.45) is 4.27. The Bertz CT molecular complexity index is 653. The van der Waals surface area contributed by atoms with E-state index in [9.17, 15) is 0 Å². The van der Waals surface area contributed by atoms with Gasteiger partial charge in [-0.3, -0.25) is 0 Å². The number of hydrogen-bond donors (Lipinski definition) is 2. The van der Waals surface area contributed by atoms with Crippen LogP contribution in [0, 0.1) is 0 Å². The molecule has 0 unspecified atom stereocenters. The highest BCUT2D eigenvalue weighted by molar-refractivity contribution is 7.80. The van der Waals surface area contributed by atoms with E-state index in [0.29, 0.717) is 4.99 Å². The Morgan fingerprint density at radius 3 is 2.81 bits per heavy atom. The Balaban J connectivity index is 1.74. The zero-order valence-electron chi connectivity index (χ0n) is 11.9. The molecule has 2 aromatic rings. The van der Waals surface area contributed by atoms with Crippen LogP contribution >= 0.6 is 12.2 Å². The molecule has 4 heteroatoms. The van der Waals surface area contributed by atoms with Gasteiger partial charge in [0.1, 0.15) is 10.8 Å². The van der Waals surface area contributed by atoms with E-state index in [-0.39, 0.29) is 0 Å². The van der Waals surface area contributed by atoms with Crippen LogP contribution in [0.4, 0.5) is 5.82 Å². The van der Waals surface area contributed by atoms with E-state index >= 15 is 0 Å². The molecule has 1 aliphatic rings. The van der Waals surface area contributed by atoms with Gasteiger partial charge in [-0.05, 0) is 42.9 Å². The molecule has 3 rings (SSSR count). The maximum Gasteiger partial charge on any atom is 0.136 e. The number of hydrogen-bond acceptors (Lipinski definition) is 3. The predicted octanol–water partition coefficient (Wildman–Crippen LogP) is 2.86. The van der Waals surface area contributed by atoms with Crippen molar-refractivity contribution in [1.29, 1.82) is 0 Å². The van der Waals surface area contributed by atoms with E-state index in [4.69, 9.17) is 22.9 Å². The van der Waals surface area contributed by atoms with E-state index < -0.39 is 0 Å². The number of nitrogens with one attached hydrogen (secondary N) is 1. The number of pyridine rings is 1. The minimum absolute atomic E-state index is 0.416. The fourth-order valence-corrected chi connectivity index (χ4v) is 2.92. The first kappa shape index (κ1) is 14.0. The summed E-state index contributed by atoms with van der Waals surface area (Å²) < 4.78 is 0. The Hall–Kier alpha value is -1.94. The van der Waals surface area contributed by atoms with Gasteiger partial charge in [0.25, 0.3) is 0 Å². The highest BCUT2D eigenvalue weighted by atomic mass is 32.1. The molecule has 3 N–H and O–H groups in total. The fraction of sp³-hybridized carbons (Fsp3) is 0.294. The van der Waals surface area contributed by atoms with Crippen molar-refractivity contribution in [2.45, 2.75) is 25.7 Å². The molecule has 0 aliphatic heterocycles. The van der Waals surface area contributed by atoms with Gasteiger partial charge >= 0.3 is 0 Å². The minimum atomic E-state index is 0.416. The third kappa shape index (κ3) is 3.22. The average Bonchev–Trinajstić information content (AvgIpc) is 2.94.